The zero-order chi connectivity index (χ0) is 11.4. The predicted octanol–water partition coefficient (Wildman–Crippen LogP) is 0.948. The Bertz CT molecular complexity index is 261. The average molecular weight is 233 g/mol. The van der Waals surface area contributed by atoms with Crippen molar-refractivity contribution in [1.82, 2.24) is 0 Å². The van der Waals surface area contributed by atoms with E-state index in [0.717, 1.165) is 0 Å². The quantitative estimate of drug-likeness (QED) is 0.769. The maximum absolute atomic E-state index is 11.7. The second-order valence-corrected chi connectivity index (χ2v) is 5.55. The number of halogens is 3. The van der Waals surface area contributed by atoms with Crippen molar-refractivity contribution in [3.63, 3.8) is 0 Å². The van der Waals surface area contributed by atoms with E-state index in [4.69, 9.17) is 5.73 Å². The fraction of sp³-hybridized carbons (Fsp3) is 1.00. The molecule has 0 aliphatic rings. The maximum atomic E-state index is 11.7. The molecule has 0 saturated carbocycles. The Balaban J connectivity index is 4.10. The third kappa shape index (κ3) is 7.14. The predicted molar refractivity (Wildman–Crippen MR) is 47.5 cm³/mol. The molecule has 0 amide bonds. The van der Waals surface area contributed by atoms with Crippen molar-refractivity contribution >= 4 is 9.84 Å². The summed E-state index contributed by atoms with van der Waals surface area (Å²) >= 11 is 0. The summed E-state index contributed by atoms with van der Waals surface area (Å²) in [5, 5.41) is 0. The first-order valence-corrected chi connectivity index (χ1v) is 5.95. The van der Waals surface area contributed by atoms with Crippen LogP contribution in [0.1, 0.15) is 13.3 Å². The highest BCUT2D eigenvalue weighted by Crippen LogP contribution is 2.20. The molecule has 0 radical (unpaired) electrons. The summed E-state index contributed by atoms with van der Waals surface area (Å²) in [6.45, 7) is 1.75. The monoisotopic (exact) mass is 233 g/mol. The molecular weight excluding hydrogens is 219 g/mol. The molecule has 0 aliphatic heterocycles. The van der Waals surface area contributed by atoms with Gasteiger partial charge in [0, 0.05) is 0 Å². The van der Waals surface area contributed by atoms with Crippen LogP contribution in [-0.2, 0) is 9.84 Å². The van der Waals surface area contributed by atoms with Crippen LogP contribution < -0.4 is 5.73 Å². The molecule has 0 aromatic heterocycles. The van der Waals surface area contributed by atoms with E-state index in [1.165, 1.54) is 0 Å². The van der Waals surface area contributed by atoms with Crippen LogP contribution in [0.15, 0.2) is 0 Å². The standard InChI is InChI=1S/C7H14F3NO2S/c1-6(4-11)5-14(12,13)3-2-7(8,9)10/h6H,2-5,11H2,1H3. The molecule has 2 N–H and O–H groups in total. The van der Waals surface area contributed by atoms with Gasteiger partial charge in [-0.3, -0.25) is 0 Å². The van der Waals surface area contributed by atoms with Gasteiger partial charge in [-0.1, -0.05) is 6.92 Å². The van der Waals surface area contributed by atoms with Crippen LogP contribution >= 0.6 is 0 Å². The average Bonchev–Trinajstić information content (AvgIpc) is 1.99. The van der Waals surface area contributed by atoms with Crippen LogP contribution in [0.3, 0.4) is 0 Å². The zero-order valence-electron chi connectivity index (χ0n) is 7.84. The van der Waals surface area contributed by atoms with Gasteiger partial charge in [-0.25, -0.2) is 8.42 Å². The molecule has 0 aromatic carbocycles. The van der Waals surface area contributed by atoms with Crippen molar-refractivity contribution < 1.29 is 21.6 Å². The van der Waals surface area contributed by atoms with Gasteiger partial charge in [-0.15, -0.1) is 0 Å². The van der Waals surface area contributed by atoms with Crippen LogP contribution in [0.2, 0.25) is 0 Å². The molecule has 0 aromatic rings. The highest BCUT2D eigenvalue weighted by Gasteiger charge is 2.30. The summed E-state index contributed by atoms with van der Waals surface area (Å²) in [5.41, 5.74) is 5.17. The molecular formula is C7H14F3NO2S. The molecule has 3 nitrogen and oxygen atoms in total. The summed E-state index contributed by atoms with van der Waals surface area (Å²) in [5.74, 6) is -1.42. The highest BCUT2D eigenvalue weighted by atomic mass is 32.2. The fourth-order valence-electron chi connectivity index (χ4n) is 0.856. The van der Waals surface area contributed by atoms with Crippen LogP contribution in [0.5, 0.6) is 0 Å². The Hall–Kier alpha value is -0.300. The van der Waals surface area contributed by atoms with Gasteiger partial charge in [0.05, 0.1) is 17.9 Å². The number of hydrogen-bond acceptors (Lipinski definition) is 3. The van der Waals surface area contributed by atoms with Gasteiger partial charge in [0.15, 0.2) is 9.84 Å². The van der Waals surface area contributed by atoms with Crippen LogP contribution in [0.4, 0.5) is 13.2 Å². The van der Waals surface area contributed by atoms with E-state index in [0.29, 0.717) is 0 Å². The van der Waals surface area contributed by atoms with Crippen LogP contribution in [-0.4, -0.2) is 32.6 Å². The van der Waals surface area contributed by atoms with Gasteiger partial charge >= 0.3 is 6.18 Å². The molecule has 0 spiro atoms. The van der Waals surface area contributed by atoms with E-state index in [-0.39, 0.29) is 18.2 Å². The van der Waals surface area contributed by atoms with E-state index in [1.807, 2.05) is 0 Å². The molecule has 86 valence electrons. The zero-order valence-corrected chi connectivity index (χ0v) is 8.66. The molecule has 0 fully saturated rings. The third-order valence-corrected chi connectivity index (χ3v) is 3.54. The van der Waals surface area contributed by atoms with Gasteiger partial charge in [0.2, 0.25) is 0 Å². The first kappa shape index (κ1) is 13.7. The Morgan fingerprint density at radius 3 is 2.21 bits per heavy atom. The summed E-state index contributed by atoms with van der Waals surface area (Å²) in [6.07, 6.45) is -5.70. The van der Waals surface area contributed by atoms with Crippen molar-refractivity contribution in [3.05, 3.63) is 0 Å². The first-order chi connectivity index (χ1) is 6.16. The Labute approximate surface area is 81.4 Å². The molecule has 7 heteroatoms. The molecule has 0 rings (SSSR count). The minimum Gasteiger partial charge on any atom is -0.330 e. The lowest BCUT2D eigenvalue weighted by Gasteiger charge is -2.10. The van der Waals surface area contributed by atoms with Crippen molar-refractivity contribution in [3.8, 4) is 0 Å². The van der Waals surface area contributed by atoms with Gasteiger partial charge in [-0.05, 0) is 12.5 Å². The number of sulfone groups is 1. The molecule has 0 bridgehead atoms. The van der Waals surface area contributed by atoms with Crippen molar-refractivity contribution in [2.45, 2.75) is 19.5 Å². The van der Waals surface area contributed by atoms with Gasteiger partial charge in [0.25, 0.3) is 0 Å². The van der Waals surface area contributed by atoms with Crippen molar-refractivity contribution in [1.29, 1.82) is 0 Å². The normalized spacial score (nSPS) is 15.5. The first-order valence-electron chi connectivity index (χ1n) is 4.13. The molecule has 0 heterocycles. The summed E-state index contributed by atoms with van der Waals surface area (Å²) in [7, 11) is -3.63. The van der Waals surface area contributed by atoms with E-state index in [1.54, 1.807) is 6.92 Å². The summed E-state index contributed by atoms with van der Waals surface area (Å²) in [4.78, 5) is 0. The second kappa shape index (κ2) is 4.97. The number of alkyl halides is 3. The number of nitrogens with two attached hydrogens (primary N) is 1. The summed E-state index contributed by atoms with van der Waals surface area (Å²) in [6, 6.07) is 0. The highest BCUT2D eigenvalue weighted by molar-refractivity contribution is 7.91. The molecule has 0 aliphatic carbocycles. The van der Waals surface area contributed by atoms with Gasteiger partial charge < -0.3 is 5.73 Å². The van der Waals surface area contributed by atoms with Gasteiger partial charge in [-0.2, -0.15) is 13.2 Å². The third-order valence-electron chi connectivity index (χ3n) is 1.64. The number of hydrogen-bond donors (Lipinski definition) is 1. The SMILES string of the molecule is CC(CN)CS(=O)(=O)CCC(F)(F)F. The lowest BCUT2D eigenvalue weighted by Crippen LogP contribution is -2.25. The number of rotatable bonds is 5. The fourth-order valence-corrected chi connectivity index (χ4v) is 2.57. The van der Waals surface area contributed by atoms with Crippen molar-refractivity contribution in [2.24, 2.45) is 11.7 Å². The Kier molecular flexibility index (Phi) is 4.87. The van der Waals surface area contributed by atoms with E-state index in [2.05, 4.69) is 0 Å². The topological polar surface area (TPSA) is 60.2 Å². The smallest absolute Gasteiger partial charge is 0.330 e. The van der Waals surface area contributed by atoms with Gasteiger partial charge in [0.1, 0.15) is 0 Å². The van der Waals surface area contributed by atoms with Crippen LogP contribution in [0.25, 0.3) is 0 Å². The summed E-state index contributed by atoms with van der Waals surface area (Å²) < 4.78 is 57.3. The maximum Gasteiger partial charge on any atom is 0.390 e. The molecule has 14 heavy (non-hydrogen) atoms. The lowest BCUT2D eigenvalue weighted by atomic mass is 10.2. The molecule has 0 saturated heterocycles. The minimum atomic E-state index is -4.42. The minimum absolute atomic E-state index is 0.158. The van der Waals surface area contributed by atoms with Crippen LogP contribution in [0, 0.1) is 5.92 Å². The van der Waals surface area contributed by atoms with E-state index in [9.17, 15) is 21.6 Å². The molecule has 1 atom stereocenters. The second-order valence-electron chi connectivity index (χ2n) is 3.32. The lowest BCUT2D eigenvalue weighted by molar-refractivity contribution is -0.129. The molecule has 1 unspecified atom stereocenters. The Morgan fingerprint density at radius 2 is 1.86 bits per heavy atom. The largest absolute Gasteiger partial charge is 0.390 e. The van der Waals surface area contributed by atoms with E-state index >= 15 is 0 Å². The Morgan fingerprint density at radius 1 is 1.36 bits per heavy atom. The van der Waals surface area contributed by atoms with E-state index < -0.39 is 28.2 Å². The van der Waals surface area contributed by atoms with Crippen molar-refractivity contribution in [2.75, 3.05) is 18.1 Å².